The quantitative estimate of drug-likeness (QED) is 0.633. The van der Waals surface area contributed by atoms with Gasteiger partial charge in [0.2, 0.25) is 0 Å². The molecule has 0 spiro atoms. The zero-order valence-electron chi connectivity index (χ0n) is 15.3. The maximum absolute atomic E-state index is 11.6. The number of dihydropyridines is 1. The van der Waals surface area contributed by atoms with Crippen LogP contribution in [-0.2, 0) is 0 Å². The minimum Gasteiger partial charge on any atom is -0.463 e. The Morgan fingerprint density at radius 2 is 1.93 bits per heavy atom. The summed E-state index contributed by atoms with van der Waals surface area (Å²) in [6, 6.07) is 9.38. The zero-order valence-corrected chi connectivity index (χ0v) is 15.3. The number of benzene rings is 1. The predicted molar refractivity (Wildman–Crippen MR) is 101 cm³/mol. The van der Waals surface area contributed by atoms with Crippen LogP contribution >= 0.6 is 0 Å². The Morgan fingerprint density at radius 3 is 2.46 bits per heavy atom. The van der Waals surface area contributed by atoms with Crippen molar-refractivity contribution in [3.63, 3.8) is 0 Å². The molecule has 0 aliphatic carbocycles. The second kappa shape index (κ2) is 7.43. The molecule has 9 nitrogen and oxygen atoms in total. The fraction of sp³-hybridized carbons (Fsp3) is 0.263. The Kier molecular flexibility index (Phi) is 5.03. The third-order valence-electron chi connectivity index (χ3n) is 4.64. The van der Waals surface area contributed by atoms with E-state index in [1.165, 1.54) is 0 Å². The van der Waals surface area contributed by atoms with Crippen LogP contribution in [0.5, 0.6) is 0 Å². The van der Waals surface area contributed by atoms with E-state index in [0.29, 0.717) is 39.0 Å². The molecule has 1 aromatic carbocycles. The number of carbonyl (C=O) groups is 1. The van der Waals surface area contributed by atoms with Crippen molar-refractivity contribution in [1.82, 2.24) is 15.1 Å². The fourth-order valence-electron chi connectivity index (χ4n) is 3.48. The molecule has 0 fully saturated rings. The number of carboxylic acid groups (broad SMARTS) is 1. The van der Waals surface area contributed by atoms with Gasteiger partial charge in [-0.2, -0.15) is 15.2 Å². The summed E-state index contributed by atoms with van der Waals surface area (Å²) in [4.78, 5) is 11.6. The van der Waals surface area contributed by atoms with Crippen molar-refractivity contribution in [2.75, 3.05) is 18.5 Å². The van der Waals surface area contributed by atoms with Crippen LogP contribution in [0.15, 0.2) is 40.7 Å². The van der Waals surface area contributed by atoms with E-state index in [0.717, 1.165) is 4.68 Å². The lowest BCUT2D eigenvalue weighted by Crippen LogP contribution is -2.23. The Morgan fingerprint density at radius 1 is 1.29 bits per heavy atom. The molecule has 1 aromatic heterocycles. The third kappa shape index (κ3) is 2.94. The molecule has 28 heavy (non-hydrogen) atoms. The molecule has 9 heteroatoms. The zero-order chi connectivity index (χ0) is 20.4. The van der Waals surface area contributed by atoms with Crippen molar-refractivity contribution in [1.29, 1.82) is 10.5 Å². The first-order valence-electron chi connectivity index (χ1n) is 8.53. The van der Waals surface area contributed by atoms with E-state index in [2.05, 4.69) is 27.9 Å². The number of hydrogen-bond acceptors (Lipinski definition) is 7. The van der Waals surface area contributed by atoms with Gasteiger partial charge in [-0.15, -0.1) is 5.10 Å². The monoisotopic (exact) mass is 378 g/mol. The molecule has 0 amide bonds. The van der Waals surface area contributed by atoms with Gasteiger partial charge in [0, 0.05) is 23.3 Å². The molecule has 2 heterocycles. The van der Waals surface area contributed by atoms with E-state index in [9.17, 15) is 20.4 Å². The van der Waals surface area contributed by atoms with Gasteiger partial charge in [-0.05, 0) is 25.5 Å². The highest BCUT2D eigenvalue weighted by Crippen LogP contribution is 2.42. The Labute approximate surface area is 160 Å². The summed E-state index contributed by atoms with van der Waals surface area (Å²) in [6.07, 6.45) is -1.26. The fourth-order valence-corrected chi connectivity index (χ4v) is 3.48. The highest BCUT2D eigenvalue weighted by atomic mass is 16.4. The molecule has 0 atom stereocenters. The maximum Gasteiger partial charge on any atom is 0.432 e. The molecule has 0 unspecified atom stereocenters. The summed E-state index contributed by atoms with van der Waals surface area (Å²) in [7, 11) is 0. The first-order chi connectivity index (χ1) is 13.4. The van der Waals surface area contributed by atoms with Crippen molar-refractivity contribution >= 4 is 22.8 Å². The summed E-state index contributed by atoms with van der Waals surface area (Å²) in [5.41, 5.74) is 2.96. The van der Waals surface area contributed by atoms with E-state index in [1.807, 2.05) is 0 Å². The van der Waals surface area contributed by atoms with Crippen molar-refractivity contribution in [2.24, 2.45) is 0 Å². The molecule has 0 saturated carbocycles. The molecule has 0 saturated heterocycles. The van der Waals surface area contributed by atoms with Crippen LogP contribution in [0.25, 0.3) is 10.9 Å². The van der Waals surface area contributed by atoms with E-state index < -0.39 is 12.0 Å². The van der Waals surface area contributed by atoms with Gasteiger partial charge < -0.3 is 20.8 Å². The minimum atomic E-state index is -1.26. The number of aromatic nitrogens is 2. The van der Waals surface area contributed by atoms with Crippen molar-refractivity contribution < 1.29 is 15.0 Å². The average Bonchev–Trinajstić information content (AvgIpc) is 3.05. The number of anilines is 1. The topological polar surface area (TPSA) is 147 Å². The van der Waals surface area contributed by atoms with Crippen LogP contribution in [0.4, 0.5) is 10.6 Å². The molecule has 4 N–H and O–H groups in total. The van der Waals surface area contributed by atoms with E-state index in [1.54, 1.807) is 32.0 Å². The molecule has 142 valence electrons. The van der Waals surface area contributed by atoms with Gasteiger partial charge in [0.05, 0.1) is 41.3 Å². The smallest absolute Gasteiger partial charge is 0.432 e. The van der Waals surface area contributed by atoms with E-state index in [4.69, 9.17) is 5.11 Å². The lowest BCUT2D eigenvalue weighted by molar-refractivity contribution is 0.194. The van der Waals surface area contributed by atoms with Crippen LogP contribution < -0.4 is 10.6 Å². The van der Waals surface area contributed by atoms with Crippen LogP contribution in [0.2, 0.25) is 0 Å². The summed E-state index contributed by atoms with van der Waals surface area (Å²) in [5, 5.41) is 48.7. The number of nitriles is 2. The van der Waals surface area contributed by atoms with Crippen LogP contribution in [0.3, 0.4) is 0 Å². The highest BCUT2D eigenvalue weighted by molar-refractivity contribution is 5.98. The maximum atomic E-state index is 11.6. The SMILES string of the molecule is CC1=C(C#N)C(c2cccc3c2c(NCCO)nn3C(=O)O)C(C#N)=C(C)N1. The number of nitrogens with zero attached hydrogens (tertiary/aromatic N) is 4. The lowest BCUT2D eigenvalue weighted by Gasteiger charge is -2.26. The third-order valence-corrected chi connectivity index (χ3v) is 4.64. The van der Waals surface area contributed by atoms with Crippen molar-refractivity contribution in [3.8, 4) is 12.1 Å². The average molecular weight is 378 g/mol. The lowest BCUT2D eigenvalue weighted by atomic mass is 9.80. The van der Waals surface area contributed by atoms with Gasteiger partial charge in [-0.25, -0.2) is 4.79 Å². The molecule has 0 radical (unpaired) electrons. The first-order valence-corrected chi connectivity index (χ1v) is 8.53. The standard InChI is InChI=1S/C19H18N6O3/c1-10-13(8-20)16(14(9-21)11(2)23-10)12-4-3-5-15-17(12)18(22-6-7-26)24-25(15)19(27)28/h3-5,16,23,26H,6-7H2,1-2H3,(H,22,24)(H,27,28). The Bertz CT molecular complexity index is 1080. The number of fused-ring (bicyclic) bond motifs is 1. The largest absolute Gasteiger partial charge is 0.463 e. The van der Waals surface area contributed by atoms with Crippen LogP contribution in [-0.4, -0.2) is 39.2 Å². The number of rotatable bonds is 4. The molecular weight excluding hydrogens is 360 g/mol. The van der Waals surface area contributed by atoms with Crippen LogP contribution in [0, 0.1) is 22.7 Å². The summed E-state index contributed by atoms with van der Waals surface area (Å²) in [6.45, 7) is 3.53. The predicted octanol–water partition coefficient (Wildman–Crippen LogP) is 2.25. The second-order valence-corrected chi connectivity index (χ2v) is 6.29. The number of aliphatic hydroxyl groups is 1. The number of allylic oxidation sites excluding steroid dienone is 4. The first kappa shape index (κ1) is 19.0. The van der Waals surface area contributed by atoms with Crippen molar-refractivity contribution in [2.45, 2.75) is 19.8 Å². The molecule has 1 aliphatic rings. The minimum absolute atomic E-state index is 0.165. The van der Waals surface area contributed by atoms with Gasteiger partial charge in [-0.3, -0.25) is 0 Å². The number of aliphatic hydroxyl groups excluding tert-OH is 1. The normalized spacial score (nSPS) is 14.6. The molecule has 1 aliphatic heterocycles. The molecular formula is C19H18N6O3. The number of nitrogens with one attached hydrogen (secondary N) is 2. The van der Waals surface area contributed by atoms with Gasteiger partial charge in [0.1, 0.15) is 0 Å². The van der Waals surface area contributed by atoms with E-state index >= 15 is 0 Å². The summed E-state index contributed by atoms with van der Waals surface area (Å²) in [5.74, 6) is -0.383. The Balaban J connectivity index is 2.36. The summed E-state index contributed by atoms with van der Waals surface area (Å²) < 4.78 is 0.838. The van der Waals surface area contributed by atoms with Gasteiger partial charge in [0.25, 0.3) is 0 Å². The second-order valence-electron chi connectivity index (χ2n) is 6.29. The number of hydrogen-bond donors (Lipinski definition) is 4. The van der Waals surface area contributed by atoms with Crippen LogP contribution in [0.1, 0.15) is 25.3 Å². The Hall–Kier alpha value is -3.82. The molecule has 3 rings (SSSR count). The molecule has 2 aromatic rings. The molecule has 0 bridgehead atoms. The van der Waals surface area contributed by atoms with Gasteiger partial charge in [-0.1, -0.05) is 12.1 Å². The van der Waals surface area contributed by atoms with Gasteiger partial charge >= 0.3 is 6.09 Å². The van der Waals surface area contributed by atoms with Crippen molar-refractivity contribution in [3.05, 3.63) is 46.3 Å². The van der Waals surface area contributed by atoms with E-state index in [-0.39, 0.29) is 19.0 Å². The highest BCUT2D eigenvalue weighted by Gasteiger charge is 2.32. The van der Waals surface area contributed by atoms with Gasteiger partial charge in [0.15, 0.2) is 5.82 Å². The summed E-state index contributed by atoms with van der Waals surface area (Å²) >= 11 is 0.